The summed E-state index contributed by atoms with van der Waals surface area (Å²) in [4.78, 5) is 14.9. The number of rotatable bonds is 3. The zero-order chi connectivity index (χ0) is 21.5. The molecular weight excluding hydrogens is 409 g/mol. The number of ether oxygens (including phenoxy) is 2. The van der Waals surface area contributed by atoms with E-state index in [0.29, 0.717) is 36.3 Å². The second-order valence-corrected chi connectivity index (χ2v) is 8.41. The first-order chi connectivity index (χ1) is 15.0. The third kappa shape index (κ3) is 3.96. The number of nitrogens with zero attached hydrogens (tertiary/aromatic N) is 1. The van der Waals surface area contributed by atoms with E-state index in [9.17, 15) is 18.0 Å². The van der Waals surface area contributed by atoms with Crippen LogP contribution >= 0.6 is 0 Å². The van der Waals surface area contributed by atoms with E-state index in [4.69, 9.17) is 9.47 Å². The van der Waals surface area contributed by atoms with Crippen LogP contribution in [-0.2, 0) is 4.74 Å². The summed E-state index contributed by atoms with van der Waals surface area (Å²) in [5, 5.41) is 2.93. The summed E-state index contributed by atoms with van der Waals surface area (Å²) < 4.78 is 52.4. The van der Waals surface area contributed by atoms with E-state index in [1.54, 1.807) is 18.2 Å². The van der Waals surface area contributed by atoms with Gasteiger partial charge in [0, 0.05) is 30.2 Å². The standard InChI is InChI=1S/C23H23F3N2O3/c24-17-11-19(26)18(25)10-16(17)14-1-2-15-20(5-8-30-21(15)9-14)27-23(29)31-22-12-28-6-3-13(22)4-7-28/h1-2,9-11,13,20,22H,3-8,12H2,(H,27,29)/t20?,22-/m1/s1. The lowest BCUT2D eigenvalue weighted by molar-refractivity contribution is -0.0342. The minimum atomic E-state index is -1.23. The monoisotopic (exact) mass is 432 g/mol. The van der Waals surface area contributed by atoms with Gasteiger partial charge < -0.3 is 14.8 Å². The normalized spacial score (nSPS) is 26.7. The second kappa shape index (κ2) is 8.07. The van der Waals surface area contributed by atoms with E-state index in [1.807, 2.05) is 0 Å². The van der Waals surface area contributed by atoms with Crippen LogP contribution in [0.25, 0.3) is 11.1 Å². The van der Waals surface area contributed by atoms with E-state index < -0.39 is 23.5 Å². The zero-order valence-corrected chi connectivity index (χ0v) is 16.9. The molecule has 4 aliphatic rings. The quantitative estimate of drug-likeness (QED) is 0.730. The second-order valence-electron chi connectivity index (χ2n) is 8.41. The lowest BCUT2D eigenvalue weighted by atomic mass is 9.86. The Morgan fingerprint density at radius 3 is 2.55 bits per heavy atom. The Morgan fingerprint density at radius 1 is 1.03 bits per heavy atom. The maximum atomic E-state index is 14.2. The van der Waals surface area contributed by atoms with E-state index in [0.717, 1.165) is 44.1 Å². The number of nitrogens with one attached hydrogen (secondary N) is 1. The van der Waals surface area contributed by atoms with E-state index in [-0.39, 0.29) is 17.7 Å². The Balaban J connectivity index is 1.31. The van der Waals surface area contributed by atoms with Crippen LogP contribution < -0.4 is 10.1 Å². The van der Waals surface area contributed by atoms with Crippen molar-refractivity contribution in [1.29, 1.82) is 0 Å². The third-order valence-corrected chi connectivity index (χ3v) is 6.52. The molecule has 2 bridgehead atoms. The number of carbonyl (C=O) groups excluding carboxylic acids is 1. The Kier molecular flexibility index (Phi) is 5.25. The molecule has 0 aliphatic carbocycles. The number of halogens is 3. The molecule has 0 saturated carbocycles. The minimum absolute atomic E-state index is 0.0536. The molecular formula is C23H23F3N2O3. The lowest BCUT2D eigenvalue weighted by Gasteiger charge is -2.44. The number of alkyl carbamates (subject to hydrolysis) is 1. The molecule has 3 saturated heterocycles. The molecule has 1 unspecified atom stereocenters. The molecule has 1 N–H and O–H groups in total. The largest absolute Gasteiger partial charge is 0.493 e. The van der Waals surface area contributed by atoms with Crippen molar-refractivity contribution < 1.29 is 27.4 Å². The molecule has 2 aromatic rings. The SMILES string of the molecule is O=C(NC1CCOc2cc(-c3cc(F)c(F)cc3F)ccc21)O[C@@H]1CN2CCC1CC2. The molecule has 8 heteroatoms. The van der Waals surface area contributed by atoms with Gasteiger partial charge >= 0.3 is 6.09 Å². The zero-order valence-electron chi connectivity index (χ0n) is 16.9. The number of hydrogen-bond donors (Lipinski definition) is 1. The molecule has 164 valence electrons. The molecule has 0 aromatic heterocycles. The van der Waals surface area contributed by atoms with Crippen molar-refractivity contribution in [2.75, 3.05) is 26.2 Å². The minimum Gasteiger partial charge on any atom is -0.493 e. The van der Waals surface area contributed by atoms with Gasteiger partial charge in [-0.05, 0) is 49.5 Å². The van der Waals surface area contributed by atoms with Gasteiger partial charge in [0.15, 0.2) is 11.6 Å². The van der Waals surface area contributed by atoms with Crippen molar-refractivity contribution >= 4 is 6.09 Å². The van der Waals surface area contributed by atoms with Gasteiger partial charge in [-0.3, -0.25) is 4.90 Å². The summed E-state index contributed by atoms with van der Waals surface area (Å²) in [6.45, 7) is 3.29. The number of amides is 1. The fraction of sp³-hybridized carbons (Fsp3) is 0.435. The van der Waals surface area contributed by atoms with Gasteiger partial charge in [0.25, 0.3) is 0 Å². The van der Waals surface area contributed by atoms with Gasteiger partial charge in [-0.2, -0.15) is 0 Å². The molecule has 4 aliphatic heterocycles. The third-order valence-electron chi connectivity index (χ3n) is 6.52. The highest BCUT2D eigenvalue weighted by molar-refractivity contribution is 5.70. The Bertz CT molecular complexity index is 1010. The van der Waals surface area contributed by atoms with E-state index >= 15 is 0 Å². The highest BCUT2D eigenvalue weighted by Gasteiger charge is 2.37. The predicted octanol–water partition coefficient (Wildman–Crippen LogP) is 4.41. The summed E-state index contributed by atoms with van der Waals surface area (Å²) >= 11 is 0. The predicted molar refractivity (Wildman–Crippen MR) is 107 cm³/mol. The van der Waals surface area contributed by atoms with Crippen LogP contribution in [0.1, 0.15) is 30.9 Å². The van der Waals surface area contributed by atoms with Crippen molar-refractivity contribution in [2.24, 2.45) is 5.92 Å². The Morgan fingerprint density at radius 2 is 1.81 bits per heavy atom. The maximum Gasteiger partial charge on any atom is 0.407 e. The molecule has 1 amide bonds. The average Bonchev–Trinajstić information content (AvgIpc) is 2.77. The number of piperidine rings is 3. The molecule has 2 atom stereocenters. The number of fused-ring (bicyclic) bond motifs is 4. The molecule has 0 radical (unpaired) electrons. The summed E-state index contributed by atoms with van der Waals surface area (Å²) in [6.07, 6.45) is 2.15. The van der Waals surface area contributed by atoms with Gasteiger partial charge in [0.2, 0.25) is 0 Å². The van der Waals surface area contributed by atoms with Crippen molar-refractivity contribution in [3.05, 3.63) is 53.3 Å². The summed E-state index contributed by atoms with van der Waals surface area (Å²) in [5.74, 6) is -2.32. The highest BCUT2D eigenvalue weighted by Crippen LogP contribution is 2.37. The van der Waals surface area contributed by atoms with Gasteiger partial charge in [0.1, 0.15) is 17.7 Å². The molecule has 0 spiro atoms. The number of carbonyl (C=O) groups is 1. The van der Waals surface area contributed by atoms with Crippen molar-refractivity contribution in [2.45, 2.75) is 31.4 Å². The van der Waals surface area contributed by atoms with Crippen molar-refractivity contribution in [3.63, 3.8) is 0 Å². The Hall–Kier alpha value is -2.74. The molecule has 4 heterocycles. The van der Waals surface area contributed by atoms with E-state index in [1.165, 1.54) is 0 Å². The van der Waals surface area contributed by atoms with Crippen LogP contribution in [-0.4, -0.2) is 43.3 Å². The van der Waals surface area contributed by atoms with Crippen LogP contribution in [0.5, 0.6) is 5.75 Å². The first kappa shape index (κ1) is 20.2. The molecule has 2 aromatic carbocycles. The summed E-state index contributed by atoms with van der Waals surface area (Å²) in [7, 11) is 0. The summed E-state index contributed by atoms with van der Waals surface area (Å²) in [5.41, 5.74) is 1.05. The summed E-state index contributed by atoms with van der Waals surface area (Å²) in [6, 6.07) is 5.95. The maximum absolute atomic E-state index is 14.2. The Labute approximate surface area is 178 Å². The van der Waals surface area contributed by atoms with Crippen LogP contribution in [0.4, 0.5) is 18.0 Å². The fourth-order valence-electron chi connectivity index (χ4n) is 4.81. The van der Waals surface area contributed by atoms with Crippen molar-refractivity contribution in [1.82, 2.24) is 10.2 Å². The lowest BCUT2D eigenvalue weighted by Crippen LogP contribution is -2.52. The number of hydrogen-bond acceptors (Lipinski definition) is 4. The van der Waals surface area contributed by atoms with Crippen LogP contribution in [0.15, 0.2) is 30.3 Å². The van der Waals surface area contributed by atoms with Crippen LogP contribution in [0, 0.1) is 23.4 Å². The van der Waals surface area contributed by atoms with Gasteiger partial charge in [-0.25, -0.2) is 18.0 Å². The molecule has 3 fully saturated rings. The van der Waals surface area contributed by atoms with Gasteiger partial charge in [-0.15, -0.1) is 0 Å². The topological polar surface area (TPSA) is 50.8 Å². The molecule has 6 rings (SSSR count). The number of benzene rings is 2. The van der Waals surface area contributed by atoms with Gasteiger partial charge in [0.05, 0.1) is 12.6 Å². The van der Waals surface area contributed by atoms with Crippen LogP contribution in [0.3, 0.4) is 0 Å². The van der Waals surface area contributed by atoms with Crippen LogP contribution in [0.2, 0.25) is 0 Å². The first-order valence-corrected chi connectivity index (χ1v) is 10.6. The molecule has 5 nitrogen and oxygen atoms in total. The fourth-order valence-corrected chi connectivity index (χ4v) is 4.81. The van der Waals surface area contributed by atoms with Gasteiger partial charge in [-0.1, -0.05) is 12.1 Å². The smallest absolute Gasteiger partial charge is 0.407 e. The molecule has 31 heavy (non-hydrogen) atoms. The van der Waals surface area contributed by atoms with Crippen molar-refractivity contribution in [3.8, 4) is 16.9 Å². The highest BCUT2D eigenvalue weighted by atomic mass is 19.2. The van der Waals surface area contributed by atoms with E-state index in [2.05, 4.69) is 10.2 Å². The first-order valence-electron chi connectivity index (χ1n) is 10.6. The average molecular weight is 432 g/mol.